The SMILES string of the molecule is NC(=O)C1CCN(CCCOc2cc(CNc3nc4c(N)ncnc4n3[C@@H]3O[C@H](CO)C(O)C3O)ccc2-c2ccccc2)CC1. The van der Waals surface area contributed by atoms with E-state index >= 15 is 0 Å². The summed E-state index contributed by atoms with van der Waals surface area (Å²) < 4.78 is 13.7. The molecule has 1 amide bonds. The van der Waals surface area contributed by atoms with Crippen LogP contribution < -0.4 is 21.5 Å². The Morgan fingerprint density at radius 2 is 1.87 bits per heavy atom. The maximum absolute atomic E-state index is 11.5. The van der Waals surface area contributed by atoms with Crippen molar-refractivity contribution in [2.24, 2.45) is 11.7 Å². The Morgan fingerprint density at radius 1 is 1.09 bits per heavy atom. The second-order valence-corrected chi connectivity index (χ2v) is 11.7. The van der Waals surface area contributed by atoms with E-state index in [4.69, 9.17) is 20.9 Å². The second-order valence-electron chi connectivity index (χ2n) is 11.7. The van der Waals surface area contributed by atoms with Gasteiger partial charge in [0.15, 0.2) is 23.2 Å². The van der Waals surface area contributed by atoms with Crippen LogP contribution in [0.2, 0.25) is 0 Å². The number of carbonyl (C=O) groups is 1. The van der Waals surface area contributed by atoms with Crippen LogP contribution in [-0.4, -0.2) is 96.8 Å². The monoisotopic (exact) mass is 632 g/mol. The van der Waals surface area contributed by atoms with E-state index in [0.717, 1.165) is 61.3 Å². The van der Waals surface area contributed by atoms with E-state index < -0.39 is 31.1 Å². The minimum Gasteiger partial charge on any atom is -0.493 e. The summed E-state index contributed by atoms with van der Waals surface area (Å²) >= 11 is 0. The molecule has 4 atom stereocenters. The molecule has 0 radical (unpaired) electrons. The Hall–Kier alpha value is -4.34. The number of nitrogens with zero attached hydrogens (tertiary/aromatic N) is 5. The van der Waals surface area contributed by atoms with Crippen LogP contribution in [0.5, 0.6) is 5.75 Å². The topological polar surface area (TPSA) is 207 Å². The smallest absolute Gasteiger partial charge is 0.220 e. The first-order valence-corrected chi connectivity index (χ1v) is 15.5. The zero-order chi connectivity index (χ0) is 32.2. The normalized spacial score (nSPS) is 22.3. The van der Waals surface area contributed by atoms with Crippen molar-refractivity contribution in [2.45, 2.75) is 50.3 Å². The van der Waals surface area contributed by atoms with E-state index in [1.807, 2.05) is 48.5 Å². The number of aliphatic hydroxyl groups is 3. The van der Waals surface area contributed by atoms with Crippen LogP contribution in [-0.2, 0) is 16.1 Å². The number of carbonyl (C=O) groups excluding carboxylic acids is 1. The van der Waals surface area contributed by atoms with Gasteiger partial charge < -0.3 is 46.5 Å². The second kappa shape index (κ2) is 14.0. The molecule has 0 saturated carbocycles. The highest BCUT2D eigenvalue weighted by molar-refractivity contribution is 5.84. The molecular formula is C32H40N8O6. The molecule has 8 N–H and O–H groups in total. The number of aromatic nitrogens is 4. The molecule has 2 aliphatic heterocycles. The summed E-state index contributed by atoms with van der Waals surface area (Å²) in [6.07, 6.45) is -0.982. The van der Waals surface area contributed by atoms with Gasteiger partial charge in [-0.2, -0.15) is 0 Å². The van der Waals surface area contributed by atoms with Crippen molar-refractivity contribution in [3.05, 3.63) is 60.4 Å². The molecule has 2 fully saturated rings. The number of imidazole rings is 1. The number of piperidine rings is 1. The third-order valence-electron chi connectivity index (χ3n) is 8.72. The molecule has 2 aromatic heterocycles. The van der Waals surface area contributed by atoms with Gasteiger partial charge in [-0.3, -0.25) is 9.36 Å². The molecule has 0 spiro atoms. The number of ether oxygens (including phenoxy) is 2. The van der Waals surface area contributed by atoms with Gasteiger partial charge in [0.05, 0.1) is 13.2 Å². The molecule has 14 nitrogen and oxygen atoms in total. The summed E-state index contributed by atoms with van der Waals surface area (Å²) in [5.41, 5.74) is 15.1. The quantitative estimate of drug-likeness (QED) is 0.122. The highest BCUT2D eigenvalue weighted by atomic mass is 16.6. The molecule has 2 unspecified atom stereocenters. The summed E-state index contributed by atoms with van der Waals surface area (Å²) in [5.74, 6) is 0.953. The average Bonchev–Trinajstić information content (AvgIpc) is 3.59. The number of likely N-dealkylation sites (tertiary alicyclic amines) is 1. The number of aliphatic hydroxyl groups excluding tert-OH is 3. The summed E-state index contributed by atoms with van der Waals surface area (Å²) in [7, 11) is 0. The van der Waals surface area contributed by atoms with E-state index in [2.05, 4.69) is 25.2 Å². The van der Waals surface area contributed by atoms with Gasteiger partial charge in [-0.15, -0.1) is 0 Å². The lowest BCUT2D eigenvalue weighted by molar-refractivity contribution is -0.123. The molecule has 6 rings (SSSR count). The standard InChI is InChI=1S/C32H40N8O6/c33-28-25-30(37-18-36-28)40(31-27(43)26(42)24(17-41)46-31)32(38-25)35-16-19-7-8-22(20-5-2-1-3-6-20)23(15-19)45-14-4-11-39-12-9-21(10-13-39)29(34)44/h1-3,5-8,15,18,21,24,26-27,31,41-43H,4,9-14,16-17H2,(H2,34,44)(H,35,38)(H2,33,36,37)/t24-,26?,27?,31-/m1/s1. The first kappa shape index (κ1) is 31.6. The van der Waals surface area contributed by atoms with Crippen LogP contribution in [0.15, 0.2) is 54.9 Å². The van der Waals surface area contributed by atoms with Crippen molar-refractivity contribution in [2.75, 3.05) is 43.9 Å². The molecule has 244 valence electrons. The van der Waals surface area contributed by atoms with Crippen LogP contribution in [0.4, 0.5) is 11.8 Å². The van der Waals surface area contributed by atoms with Gasteiger partial charge in [0.25, 0.3) is 0 Å². The van der Waals surface area contributed by atoms with Crippen LogP contribution >= 0.6 is 0 Å². The molecule has 0 aliphatic carbocycles. The van der Waals surface area contributed by atoms with Crippen molar-refractivity contribution >= 4 is 28.8 Å². The van der Waals surface area contributed by atoms with Gasteiger partial charge in [-0.05, 0) is 49.5 Å². The van der Waals surface area contributed by atoms with Crippen molar-refractivity contribution in [1.82, 2.24) is 24.4 Å². The van der Waals surface area contributed by atoms with Crippen molar-refractivity contribution in [3.8, 4) is 16.9 Å². The van der Waals surface area contributed by atoms with E-state index in [-0.39, 0.29) is 17.6 Å². The number of anilines is 2. The first-order valence-electron chi connectivity index (χ1n) is 15.5. The number of nitrogens with one attached hydrogen (secondary N) is 1. The Kier molecular flexibility index (Phi) is 9.61. The molecule has 46 heavy (non-hydrogen) atoms. The molecule has 4 aromatic rings. The van der Waals surface area contributed by atoms with Crippen LogP contribution in [0.25, 0.3) is 22.3 Å². The predicted octanol–water partition coefficient (Wildman–Crippen LogP) is 1.27. The third-order valence-corrected chi connectivity index (χ3v) is 8.72. The lowest BCUT2D eigenvalue weighted by Gasteiger charge is -2.30. The number of nitrogens with two attached hydrogens (primary N) is 2. The molecule has 0 bridgehead atoms. The summed E-state index contributed by atoms with van der Waals surface area (Å²) in [4.78, 5) is 26.8. The Bertz CT molecular complexity index is 1640. The Balaban J connectivity index is 1.19. The minimum atomic E-state index is -1.34. The molecule has 2 aliphatic rings. The van der Waals surface area contributed by atoms with Crippen molar-refractivity contribution < 1.29 is 29.6 Å². The summed E-state index contributed by atoms with van der Waals surface area (Å²) in [5, 5.41) is 34.1. The van der Waals surface area contributed by atoms with Gasteiger partial charge in [-0.1, -0.05) is 42.5 Å². The maximum Gasteiger partial charge on any atom is 0.220 e. The van der Waals surface area contributed by atoms with Gasteiger partial charge in [0.1, 0.15) is 30.4 Å². The average molecular weight is 633 g/mol. The van der Waals surface area contributed by atoms with Crippen molar-refractivity contribution in [3.63, 3.8) is 0 Å². The highest BCUT2D eigenvalue weighted by Crippen LogP contribution is 2.36. The largest absolute Gasteiger partial charge is 0.493 e. The predicted molar refractivity (Wildman–Crippen MR) is 170 cm³/mol. The number of amides is 1. The molecule has 2 saturated heterocycles. The van der Waals surface area contributed by atoms with Crippen molar-refractivity contribution in [1.29, 1.82) is 0 Å². The fourth-order valence-corrected chi connectivity index (χ4v) is 6.13. The number of hydrogen-bond donors (Lipinski definition) is 6. The Labute approximate surface area is 266 Å². The van der Waals surface area contributed by atoms with Gasteiger partial charge in [0.2, 0.25) is 11.9 Å². The van der Waals surface area contributed by atoms with Crippen LogP contribution in [0, 0.1) is 5.92 Å². The van der Waals surface area contributed by atoms with Crippen LogP contribution in [0.1, 0.15) is 31.1 Å². The number of benzene rings is 2. The number of fused-ring (bicyclic) bond motifs is 1. The number of primary amides is 1. The van der Waals surface area contributed by atoms with Gasteiger partial charge in [-0.25, -0.2) is 15.0 Å². The first-order chi connectivity index (χ1) is 22.3. The van der Waals surface area contributed by atoms with Gasteiger partial charge in [0, 0.05) is 24.6 Å². The number of hydrogen-bond acceptors (Lipinski definition) is 12. The third kappa shape index (κ3) is 6.62. The van der Waals surface area contributed by atoms with Crippen LogP contribution in [0.3, 0.4) is 0 Å². The lowest BCUT2D eigenvalue weighted by atomic mass is 9.96. The molecule has 2 aromatic carbocycles. The fourth-order valence-electron chi connectivity index (χ4n) is 6.13. The lowest BCUT2D eigenvalue weighted by Crippen LogP contribution is -2.39. The molecular weight excluding hydrogens is 592 g/mol. The molecule has 14 heteroatoms. The van der Waals surface area contributed by atoms with E-state index in [1.165, 1.54) is 10.9 Å². The van der Waals surface area contributed by atoms with E-state index in [0.29, 0.717) is 30.3 Å². The zero-order valence-electron chi connectivity index (χ0n) is 25.4. The number of nitrogen functional groups attached to an aromatic ring is 1. The highest BCUT2D eigenvalue weighted by Gasteiger charge is 2.45. The fraction of sp³-hybridized carbons (Fsp3) is 0.438. The summed E-state index contributed by atoms with van der Waals surface area (Å²) in [6, 6.07) is 16.0. The molecule has 4 heterocycles. The summed E-state index contributed by atoms with van der Waals surface area (Å²) in [6.45, 7) is 2.96. The minimum absolute atomic E-state index is 0.0289. The van der Waals surface area contributed by atoms with Gasteiger partial charge >= 0.3 is 0 Å². The van der Waals surface area contributed by atoms with E-state index in [1.54, 1.807) is 0 Å². The Morgan fingerprint density at radius 3 is 2.59 bits per heavy atom. The number of rotatable bonds is 12. The zero-order valence-corrected chi connectivity index (χ0v) is 25.4. The van der Waals surface area contributed by atoms with E-state index in [9.17, 15) is 20.1 Å². The maximum atomic E-state index is 11.5.